The molecular weight excluding hydrogens is 228 g/mol. The molecule has 2 N–H and O–H groups in total. The second-order valence-electron chi connectivity index (χ2n) is 6.22. The van der Waals surface area contributed by atoms with Gasteiger partial charge in [0.2, 0.25) is 0 Å². The average molecular weight is 248 g/mol. The standard InChI is InChI=1S/C14H20N2S/c15-14(8-9-5-6-10(14)7-9)13-16-11-3-1-2-4-12(11)17-13/h9-10H,1-8,15H2. The Morgan fingerprint density at radius 1 is 1.24 bits per heavy atom. The molecule has 17 heavy (non-hydrogen) atoms. The first-order chi connectivity index (χ1) is 8.25. The smallest absolute Gasteiger partial charge is 0.113 e. The van der Waals surface area contributed by atoms with E-state index in [1.54, 1.807) is 4.88 Å². The predicted octanol–water partition coefficient (Wildman–Crippen LogP) is 3.00. The summed E-state index contributed by atoms with van der Waals surface area (Å²) in [6, 6.07) is 0. The Bertz CT molecular complexity index is 430. The van der Waals surface area contributed by atoms with Gasteiger partial charge in [0.25, 0.3) is 0 Å². The maximum absolute atomic E-state index is 6.73. The molecule has 4 rings (SSSR count). The van der Waals surface area contributed by atoms with Gasteiger partial charge in [-0.1, -0.05) is 6.42 Å². The van der Waals surface area contributed by atoms with Crippen molar-refractivity contribution in [2.24, 2.45) is 17.6 Å². The van der Waals surface area contributed by atoms with Gasteiger partial charge in [0, 0.05) is 4.88 Å². The van der Waals surface area contributed by atoms with Gasteiger partial charge in [0.15, 0.2) is 0 Å². The van der Waals surface area contributed by atoms with Crippen molar-refractivity contribution in [3.63, 3.8) is 0 Å². The lowest BCUT2D eigenvalue weighted by molar-refractivity contribution is 0.275. The van der Waals surface area contributed by atoms with Crippen LogP contribution in [0, 0.1) is 11.8 Å². The summed E-state index contributed by atoms with van der Waals surface area (Å²) in [5.41, 5.74) is 8.05. The molecule has 3 unspecified atom stereocenters. The number of aromatic nitrogens is 1. The van der Waals surface area contributed by atoms with Gasteiger partial charge in [0.1, 0.15) is 5.01 Å². The van der Waals surface area contributed by atoms with Crippen LogP contribution >= 0.6 is 11.3 Å². The second kappa shape index (κ2) is 3.55. The molecule has 0 aromatic carbocycles. The Balaban J connectivity index is 1.72. The van der Waals surface area contributed by atoms with Gasteiger partial charge in [-0.15, -0.1) is 11.3 Å². The van der Waals surface area contributed by atoms with Crippen LogP contribution in [-0.4, -0.2) is 4.98 Å². The zero-order valence-corrected chi connectivity index (χ0v) is 11.1. The molecule has 0 amide bonds. The molecule has 3 aliphatic carbocycles. The summed E-state index contributed by atoms with van der Waals surface area (Å²) in [5.74, 6) is 1.62. The van der Waals surface area contributed by atoms with Gasteiger partial charge in [-0.05, 0) is 56.8 Å². The van der Waals surface area contributed by atoms with Crippen molar-refractivity contribution in [3.8, 4) is 0 Å². The van der Waals surface area contributed by atoms with Crippen LogP contribution in [0.25, 0.3) is 0 Å². The normalized spacial score (nSPS) is 39.6. The molecule has 0 saturated heterocycles. The average Bonchev–Trinajstić information content (AvgIpc) is 3.01. The molecule has 3 heteroatoms. The minimum atomic E-state index is -0.0507. The van der Waals surface area contributed by atoms with E-state index < -0.39 is 0 Å². The minimum Gasteiger partial charge on any atom is -0.319 e. The molecular formula is C14H20N2S. The lowest BCUT2D eigenvalue weighted by atomic mass is 9.82. The third kappa shape index (κ3) is 1.45. The molecule has 2 fully saturated rings. The minimum absolute atomic E-state index is 0.0507. The van der Waals surface area contributed by atoms with Crippen molar-refractivity contribution in [1.82, 2.24) is 4.98 Å². The van der Waals surface area contributed by atoms with Crippen molar-refractivity contribution in [3.05, 3.63) is 15.6 Å². The maximum atomic E-state index is 6.73. The first-order valence-corrected chi connectivity index (χ1v) is 7.85. The molecule has 1 heterocycles. The third-order valence-corrected chi connectivity index (χ3v) is 6.49. The van der Waals surface area contributed by atoms with Gasteiger partial charge >= 0.3 is 0 Å². The highest BCUT2D eigenvalue weighted by Gasteiger charge is 2.51. The Hall–Kier alpha value is -0.410. The van der Waals surface area contributed by atoms with Crippen LogP contribution in [0.5, 0.6) is 0 Å². The number of hydrogen-bond donors (Lipinski definition) is 1. The fraction of sp³-hybridized carbons (Fsp3) is 0.786. The summed E-state index contributed by atoms with van der Waals surface area (Å²) in [6.45, 7) is 0. The van der Waals surface area contributed by atoms with E-state index in [0.29, 0.717) is 0 Å². The molecule has 2 bridgehead atoms. The van der Waals surface area contributed by atoms with E-state index >= 15 is 0 Å². The fourth-order valence-corrected chi connectivity index (χ4v) is 5.53. The van der Waals surface area contributed by atoms with Crippen LogP contribution in [0.3, 0.4) is 0 Å². The van der Waals surface area contributed by atoms with Crippen LogP contribution in [0.4, 0.5) is 0 Å². The third-order valence-electron chi connectivity index (χ3n) is 5.14. The fourth-order valence-electron chi connectivity index (χ4n) is 4.19. The molecule has 1 aromatic rings. The summed E-state index contributed by atoms with van der Waals surface area (Å²) >= 11 is 1.93. The van der Waals surface area contributed by atoms with Crippen LogP contribution in [-0.2, 0) is 18.4 Å². The topological polar surface area (TPSA) is 38.9 Å². The van der Waals surface area contributed by atoms with Crippen molar-refractivity contribution < 1.29 is 0 Å². The van der Waals surface area contributed by atoms with Gasteiger partial charge in [0.05, 0.1) is 11.2 Å². The Kier molecular flexibility index (Phi) is 2.19. The lowest BCUT2D eigenvalue weighted by Gasteiger charge is -2.31. The molecule has 2 saturated carbocycles. The van der Waals surface area contributed by atoms with Crippen molar-refractivity contribution in [1.29, 1.82) is 0 Å². The number of nitrogens with zero attached hydrogens (tertiary/aromatic N) is 1. The van der Waals surface area contributed by atoms with Crippen LogP contribution in [0.1, 0.15) is 54.1 Å². The van der Waals surface area contributed by atoms with Gasteiger partial charge in [-0.3, -0.25) is 0 Å². The highest BCUT2D eigenvalue weighted by Crippen LogP contribution is 2.55. The SMILES string of the molecule is NC1(c2nc3c(s2)CCCC3)CC2CCC1C2. The predicted molar refractivity (Wildman–Crippen MR) is 70.1 cm³/mol. The van der Waals surface area contributed by atoms with E-state index in [2.05, 4.69) is 0 Å². The van der Waals surface area contributed by atoms with Crippen molar-refractivity contribution in [2.75, 3.05) is 0 Å². The Morgan fingerprint density at radius 2 is 2.12 bits per heavy atom. The van der Waals surface area contributed by atoms with Crippen molar-refractivity contribution >= 4 is 11.3 Å². The maximum Gasteiger partial charge on any atom is 0.113 e. The summed E-state index contributed by atoms with van der Waals surface area (Å²) in [5, 5.41) is 1.27. The highest BCUT2D eigenvalue weighted by atomic mass is 32.1. The molecule has 3 aliphatic rings. The molecule has 0 radical (unpaired) electrons. The van der Waals surface area contributed by atoms with E-state index in [9.17, 15) is 0 Å². The molecule has 0 aliphatic heterocycles. The van der Waals surface area contributed by atoms with E-state index in [1.807, 2.05) is 11.3 Å². The molecule has 1 aromatic heterocycles. The zero-order chi connectivity index (χ0) is 11.5. The Labute approximate surface area is 107 Å². The molecule has 2 nitrogen and oxygen atoms in total. The van der Waals surface area contributed by atoms with Crippen molar-refractivity contribution in [2.45, 2.75) is 56.9 Å². The number of nitrogens with two attached hydrogens (primary N) is 1. The quantitative estimate of drug-likeness (QED) is 0.830. The van der Waals surface area contributed by atoms with Crippen LogP contribution in [0.15, 0.2) is 0 Å². The first kappa shape index (κ1) is 10.5. The summed E-state index contributed by atoms with van der Waals surface area (Å²) in [7, 11) is 0. The number of rotatable bonds is 1. The van der Waals surface area contributed by atoms with E-state index in [0.717, 1.165) is 11.8 Å². The van der Waals surface area contributed by atoms with Crippen LogP contribution in [0.2, 0.25) is 0 Å². The number of aryl methyl sites for hydroxylation is 2. The first-order valence-electron chi connectivity index (χ1n) is 7.03. The van der Waals surface area contributed by atoms with Gasteiger partial charge in [-0.25, -0.2) is 4.98 Å². The number of thiazole rings is 1. The highest BCUT2D eigenvalue weighted by molar-refractivity contribution is 7.11. The van der Waals surface area contributed by atoms with E-state index in [-0.39, 0.29) is 5.54 Å². The second-order valence-corrected chi connectivity index (χ2v) is 7.30. The molecule has 0 spiro atoms. The largest absolute Gasteiger partial charge is 0.319 e. The molecule has 92 valence electrons. The summed E-state index contributed by atoms with van der Waals surface area (Å²) in [4.78, 5) is 6.46. The lowest BCUT2D eigenvalue weighted by Crippen LogP contribution is -2.41. The van der Waals surface area contributed by atoms with E-state index in [1.165, 1.54) is 62.1 Å². The van der Waals surface area contributed by atoms with E-state index in [4.69, 9.17) is 10.7 Å². The number of hydrogen-bond acceptors (Lipinski definition) is 3. The van der Waals surface area contributed by atoms with Gasteiger partial charge in [-0.2, -0.15) is 0 Å². The molecule has 3 atom stereocenters. The van der Waals surface area contributed by atoms with Gasteiger partial charge < -0.3 is 5.73 Å². The zero-order valence-electron chi connectivity index (χ0n) is 10.2. The summed E-state index contributed by atoms with van der Waals surface area (Å²) < 4.78 is 0. The van der Waals surface area contributed by atoms with Crippen LogP contribution < -0.4 is 5.73 Å². The number of fused-ring (bicyclic) bond motifs is 3. The monoisotopic (exact) mass is 248 g/mol. The summed E-state index contributed by atoms with van der Waals surface area (Å²) in [6.07, 6.45) is 10.4. The Morgan fingerprint density at radius 3 is 2.82 bits per heavy atom.